The Morgan fingerprint density at radius 1 is 1.14 bits per heavy atom. The van der Waals surface area contributed by atoms with Crippen molar-refractivity contribution in [1.29, 1.82) is 0 Å². The van der Waals surface area contributed by atoms with Crippen molar-refractivity contribution >= 4 is 17.7 Å². The van der Waals surface area contributed by atoms with E-state index in [4.69, 9.17) is 0 Å². The maximum Gasteiger partial charge on any atom is 0.233 e. The standard InChI is InChI=1S/C15H23N5OS/c21-14(10-22-15-16-17-18-20(15)13-5-6-13)19-8-7-11-3-1-2-4-12(11)9-19/h11-13H,1-10H2/t11-,12-/m1/s1. The molecule has 120 valence electrons. The van der Waals surface area contributed by atoms with E-state index in [1.165, 1.54) is 43.9 Å². The first-order valence-electron chi connectivity index (χ1n) is 8.49. The highest BCUT2D eigenvalue weighted by atomic mass is 32.2. The van der Waals surface area contributed by atoms with Crippen LogP contribution in [0.25, 0.3) is 0 Å². The zero-order valence-corrected chi connectivity index (χ0v) is 13.7. The van der Waals surface area contributed by atoms with Gasteiger partial charge in [-0.1, -0.05) is 31.0 Å². The van der Waals surface area contributed by atoms with E-state index in [9.17, 15) is 4.79 Å². The molecule has 4 rings (SSSR count). The summed E-state index contributed by atoms with van der Waals surface area (Å²) >= 11 is 1.49. The number of tetrazole rings is 1. The summed E-state index contributed by atoms with van der Waals surface area (Å²) in [6.45, 7) is 1.91. The van der Waals surface area contributed by atoms with Crippen LogP contribution in [0.4, 0.5) is 0 Å². The topological polar surface area (TPSA) is 63.9 Å². The van der Waals surface area contributed by atoms with Gasteiger partial charge in [-0.15, -0.1) is 5.10 Å². The van der Waals surface area contributed by atoms with Gasteiger partial charge in [-0.05, 0) is 47.9 Å². The number of aromatic nitrogens is 4. The Morgan fingerprint density at radius 2 is 1.95 bits per heavy atom. The van der Waals surface area contributed by atoms with E-state index in [0.29, 0.717) is 11.8 Å². The molecule has 22 heavy (non-hydrogen) atoms. The summed E-state index contributed by atoms with van der Waals surface area (Å²) in [5.74, 6) is 2.32. The minimum absolute atomic E-state index is 0.249. The first-order valence-corrected chi connectivity index (χ1v) is 9.48. The van der Waals surface area contributed by atoms with Gasteiger partial charge in [-0.2, -0.15) is 0 Å². The molecule has 1 saturated heterocycles. The molecule has 0 aromatic carbocycles. The summed E-state index contributed by atoms with van der Waals surface area (Å²) in [5.41, 5.74) is 0. The third-order valence-corrected chi connectivity index (χ3v) is 6.24. The predicted octanol–water partition coefficient (Wildman–Crippen LogP) is 2.14. The van der Waals surface area contributed by atoms with Gasteiger partial charge in [0, 0.05) is 13.1 Å². The van der Waals surface area contributed by atoms with Crippen LogP contribution in [-0.2, 0) is 4.79 Å². The molecule has 0 radical (unpaired) electrons. The number of nitrogens with zero attached hydrogens (tertiary/aromatic N) is 5. The molecular weight excluding hydrogens is 298 g/mol. The van der Waals surface area contributed by atoms with Crippen molar-refractivity contribution in [3.8, 4) is 0 Å². The van der Waals surface area contributed by atoms with Crippen molar-refractivity contribution < 1.29 is 4.79 Å². The SMILES string of the molecule is O=C(CSc1nnnn1C1CC1)N1CC[C@H]2CCCC[C@@H]2C1. The van der Waals surface area contributed by atoms with Crippen LogP contribution in [0.3, 0.4) is 0 Å². The predicted molar refractivity (Wildman–Crippen MR) is 83.5 cm³/mol. The van der Waals surface area contributed by atoms with Crippen LogP contribution in [0, 0.1) is 11.8 Å². The summed E-state index contributed by atoms with van der Waals surface area (Å²) in [7, 11) is 0. The molecule has 3 fully saturated rings. The number of rotatable bonds is 4. The molecule has 2 saturated carbocycles. The summed E-state index contributed by atoms with van der Waals surface area (Å²) in [6.07, 6.45) is 8.91. The van der Waals surface area contributed by atoms with E-state index in [1.54, 1.807) is 0 Å². The molecule has 2 heterocycles. The van der Waals surface area contributed by atoms with Crippen molar-refractivity contribution in [2.75, 3.05) is 18.8 Å². The zero-order chi connectivity index (χ0) is 14.9. The maximum atomic E-state index is 12.5. The molecule has 1 aromatic rings. The molecule has 0 unspecified atom stereocenters. The number of thioether (sulfide) groups is 1. The number of piperidine rings is 1. The minimum atomic E-state index is 0.249. The molecule has 1 aliphatic heterocycles. The molecule has 0 bridgehead atoms. The van der Waals surface area contributed by atoms with Crippen LogP contribution in [0.15, 0.2) is 5.16 Å². The number of hydrogen-bond acceptors (Lipinski definition) is 5. The second kappa shape index (κ2) is 6.18. The molecule has 1 aromatic heterocycles. The van der Waals surface area contributed by atoms with Crippen LogP contribution in [0.1, 0.15) is 51.0 Å². The maximum absolute atomic E-state index is 12.5. The van der Waals surface area contributed by atoms with E-state index >= 15 is 0 Å². The van der Waals surface area contributed by atoms with Crippen LogP contribution >= 0.6 is 11.8 Å². The molecule has 0 N–H and O–H groups in total. The third kappa shape index (κ3) is 3.00. The van der Waals surface area contributed by atoms with Gasteiger partial charge in [-0.25, -0.2) is 4.68 Å². The second-order valence-electron chi connectivity index (χ2n) is 6.86. The smallest absolute Gasteiger partial charge is 0.233 e. The Balaban J connectivity index is 1.31. The second-order valence-corrected chi connectivity index (χ2v) is 7.80. The Morgan fingerprint density at radius 3 is 2.77 bits per heavy atom. The molecular formula is C15H23N5OS. The Bertz CT molecular complexity index is 544. The zero-order valence-electron chi connectivity index (χ0n) is 12.9. The average molecular weight is 321 g/mol. The lowest BCUT2D eigenvalue weighted by atomic mass is 9.75. The van der Waals surface area contributed by atoms with E-state index < -0.39 is 0 Å². The Kier molecular flexibility index (Phi) is 4.07. The largest absolute Gasteiger partial charge is 0.342 e. The van der Waals surface area contributed by atoms with E-state index in [-0.39, 0.29) is 5.91 Å². The normalized spacial score (nSPS) is 28.5. The highest BCUT2D eigenvalue weighted by Crippen LogP contribution is 2.37. The fraction of sp³-hybridized carbons (Fsp3) is 0.867. The quantitative estimate of drug-likeness (QED) is 0.795. The Hall–Kier alpha value is -1.11. The van der Waals surface area contributed by atoms with Gasteiger partial charge in [0.1, 0.15) is 0 Å². The number of hydrogen-bond donors (Lipinski definition) is 0. The molecule has 0 spiro atoms. The van der Waals surface area contributed by atoms with Crippen LogP contribution in [0.2, 0.25) is 0 Å². The van der Waals surface area contributed by atoms with Gasteiger partial charge in [0.25, 0.3) is 0 Å². The van der Waals surface area contributed by atoms with Crippen molar-refractivity contribution in [2.45, 2.75) is 56.1 Å². The van der Waals surface area contributed by atoms with Crippen molar-refractivity contribution in [3.63, 3.8) is 0 Å². The van der Waals surface area contributed by atoms with E-state index in [0.717, 1.165) is 42.9 Å². The summed E-state index contributed by atoms with van der Waals surface area (Å²) in [4.78, 5) is 14.6. The number of carbonyl (C=O) groups is 1. The van der Waals surface area contributed by atoms with Crippen LogP contribution in [0.5, 0.6) is 0 Å². The number of amides is 1. The summed E-state index contributed by atoms with van der Waals surface area (Å²) in [5, 5.41) is 12.6. The molecule has 6 nitrogen and oxygen atoms in total. The minimum Gasteiger partial charge on any atom is -0.342 e. The average Bonchev–Trinajstić information content (AvgIpc) is 3.30. The van der Waals surface area contributed by atoms with Gasteiger partial charge in [0.2, 0.25) is 11.1 Å². The van der Waals surface area contributed by atoms with E-state index in [2.05, 4.69) is 20.4 Å². The molecule has 1 amide bonds. The molecule has 2 atom stereocenters. The highest BCUT2D eigenvalue weighted by Gasteiger charge is 2.33. The van der Waals surface area contributed by atoms with Crippen molar-refractivity contribution in [3.05, 3.63) is 0 Å². The lowest BCUT2D eigenvalue weighted by molar-refractivity contribution is -0.131. The van der Waals surface area contributed by atoms with Gasteiger partial charge in [0.05, 0.1) is 11.8 Å². The van der Waals surface area contributed by atoms with Gasteiger partial charge in [0.15, 0.2) is 0 Å². The number of fused-ring (bicyclic) bond motifs is 1. The molecule has 7 heteroatoms. The first-order chi connectivity index (χ1) is 10.8. The highest BCUT2D eigenvalue weighted by molar-refractivity contribution is 7.99. The molecule has 3 aliphatic rings. The fourth-order valence-electron chi connectivity index (χ4n) is 3.87. The van der Waals surface area contributed by atoms with Crippen molar-refractivity contribution in [1.82, 2.24) is 25.1 Å². The van der Waals surface area contributed by atoms with Gasteiger partial charge in [-0.3, -0.25) is 4.79 Å². The van der Waals surface area contributed by atoms with Crippen molar-refractivity contribution in [2.24, 2.45) is 11.8 Å². The summed E-state index contributed by atoms with van der Waals surface area (Å²) in [6, 6.07) is 0.464. The number of likely N-dealkylation sites (tertiary alicyclic amines) is 1. The van der Waals surface area contributed by atoms with Gasteiger partial charge < -0.3 is 4.90 Å². The molecule has 2 aliphatic carbocycles. The lowest BCUT2D eigenvalue weighted by Gasteiger charge is -2.41. The fourth-order valence-corrected chi connectivity index (χ4v) is 4.72. The monoisotopic (exact) mass is 321 g/mol. The first kappa shape index (κ1) is 14.5. The number of carbonyl (C=O) groups excluding carboxylic acids is 1. The van der Waals surface area contributed by atoms with Gasteiger partial charge >= 0.3 is 0 Å². The van der Waals surface area contributed by atoms with Crippen LogP contribution < -0.4 is 0 Å². The lowest BCUT2D eigenvalue weighted by Crippen LogP contribution is -2.45. The third-order valence-electron chi connectivity index (χ3n) is 5.32. The van der Waals surface area contributed by atoms with Crippen LogP contribution in [-0.4, -0.2) is 49.9 Å². The van der Waals surface area contributed by atoms with E-state index in [1.807, 2.05) is 4.68 Å². The Labute approximate surface area is 135 Å². The summed E-state index contributed by atoms with van der Waals surface area (Å²) < 4.78 is 1.88.